The van der Waals surface area contributed by atoms with Crippen molar-refractivity contribution in [2.75, 3.05) is 7.05 Å². The lowest BCUT2D eigenvalue weighted by molar-refractivity contribution is 0.493. The molecule has 0 saturated heterocycles. The molecule has 21 heavy (non-hydrogen) atoms. The van der Waals surface area contributed by atoms with Crippen LogP contribution in [0.5, 0.6) is 0 Å². The maximum absolute atomic E-state index is 12.5. The first-order valence-electron chi connectivity index (χ1n) is 6.63. The second kappa shape index (κ2) is 6.31. The lowest BCUT2D eigenvalue weighted by Gasteiger charge is -2.07. The summed E-state index contributed by atoms with van der Waals surface area (Å²) < 4.78 is 33.2. The zero-order valence-corrected chi connectivity index (χ0v) is 14.2. The van der Waals surface area contributed by atoms with Crippen LogP contribution in [0.1, 0.15) is 26.8 Å². The molecule has 0 atom stereocenters. The van der Waals surface area contributed by atoms with Gasteiger partial charge in [0.1, 0.15) is 16.4 Å². The average molecular weight is 328 g/mol. The average Bonchev–Trinajstić information content (AvgIpc) is 2.92. The number of aryl methyl sites for hydroxylation is 3. The van der Waals surface area contributed by atoms with Gasteiger partial charge in [-0.25, -0.2) is 13.1 Å². The highest BCUT2D eigenvalue weighted by Crippen LogP contribution is 2.26. The summed E-state index contributed by atoms with van der Waals surface area (Å²) in [4.78, 5) is 2.40. The minimum Gasteiger partial charge on any atom is -0.465 e. The summed E-state index contributed by atoms with van der Waals surface area (Å²) in [6.07, 6.45) is 0. The molecule has 0 amide bonds. The Labute approximate surface area is 129 Å². The van der Waals surface area contributed by atoms with Gasteiger partial charge >= 0.3 is 0 Å². The van der Waals surface area contributed by atoms with Crippen LogP contribution in [0.2, 0.25) is 0 Å². The van der Waals surface area contributed by atoms with E-state index in [1.54, 1.807) is 32.2 Å². The van der Waals surface area contributed by atoms with E-state index in [1.165, 1.54) is 0 Å². The third kappa shape index (κ3) is 3.55. The zero-order chi connectivity index (χ0) is 15.6. The maximum Gasteiger partial charge on any atom is 0.244 e. The minimum atomic E-state index is -3.59. The maximum atomic E-state index is 12.5. The van der Waals surface area contributed by atoms with Crippen molar-refractivity contribution in [3.05, 3.63) is 39.0 Å². The van der Waals surface area contributed by atoms with E-state index >= 15 is 0 Å². The van der Waals surface area contributed by atoms with Gasteiger partial charge in [-0.2, -0.15) is 0 Å². The monoisotopic (exact) mass is 328 g/mol. The van der Waals surface area contributed by atoms with E-state index in [-0.39, 0.29) is 4.90 Å². The van der Waals surface area contributed by atoms with Gasteiger partial charge in [0, 0.05) is 28.4 Å². The van der Waals surface area contributed by atoms with Crippen molar-refractivity contribution in [1.29, 1.82) is 0 Å². The van der Waals surface area contributed by atoms with E-state index < -0.39 is 10.0 Å². The predicted octanol–water partition coefficient (Wildman–Crippen LogP) is 2.46. The molecule has 0 aliphatic carbocycles. The van der Waals surface area contributed by atoms with Crippen molar-refractivity contribution in [3.63, 3.8) is 0 Å². The second-order valence-corrected chi connectivity index (χ2v) is 7.97. The van der Waals surface area contributed by atoms with Gasteiger partial charge in [0.05, 0.1) is 0 Å². The predicted molar refractivity (Wildman–Crippen MR) is 84.0 cm³/mol. The quantitative estimate of drug-likeness (QED) is 0.854. The molecule has 7 heteroatoms. The Hall–Kier alpha value is -1.15. The van der Waals surface area contributed by atoms with Crippen molar-refractivity contribution < 1.29 is 12.8 Å². The van der Waals surface area contributed by atoms with E-state index in [0.717, 1.165) is 9.75 Å². The molecule has 116 valence electrons. The van der Waals surface area contributed by atoms with Crippen molar-refractivity contribution in [3.8, 4) is 0 Å². The smallest absolute Gasteiger partial charge is 0.244 e. The lowest BCUT2D eigenvalue weighted by atomic mass is 10.2. The summed E-state index contributed by atoms with van der Waals surface area (Å²) in [6.45, 7) is 6.20. The van der Waals surface area contributed by atoms with E-state index in [0.29, 0.717) is 30.2 Å². The van der Waals surface area contributed by atoms with Crippen LogP contribution < -0.4 is 10.0 Å². The van der Waals surface area contributed by atoms with E-state index in [4.69, 9.17) is 4.42 Å². The molecule has 2 aromatic rings. The van der Waals surface area contributed by atoms with Gasteiger partial charge in [-0.05, 0) is 40.0 Å². The first-order valence-corrected chi connectivity index (χ1v) is 8.93. The summed E-state index contributed by atoms with van der Waals surface area (Å²) in [5, 5.41) is 2.98. The zero-order valence-electron chi connectivity index (χ0n) is 12.6. The number of rotatable bonds is 6. The van der Waals surface area contributed by atoms with Crippen LogP contribution in [0.3, 0.4) is 0 Å². The van der Waals surface area contributed by atoms with E-state index in [2.05, 4.69) is 10.0 Å². The molecule has 0 spiro atoms. The normalized spacial score (nSPS) is 12.0. The molecule has 0 aliphatic rings. The van der Waals surface area contributed by atoms with Gasteiger partial charge in [-0.15, -0.1) is 11.3 Å². The molecule has 2 N–H and O–H groups in total. The van der Waals surface area contributed by atoms with Crippen LogP contribution in [0.25, 0.3) is 0 Å². The van der Waals surface area contributed by atoms with Gasteiger partial charge in [0.25, 0.3) is 0 Å². The van der Waals surface area contributed by atoms with Crippen molar-refractivity contribution in [1.82, 2.24) is 10.0 Å². The molecule has 2 heterocycles. The molecule has 0 saturated carbocycles. The number of nitrogens with one attached hydrogen (secondary N) is 2. The fraction of sp³-hybridized carbons (Fsp3) is 0.429. The highest BCUT2D eigenvalue weighted by Gasteiger charge is 2.26. The van der Waals surface area contributed by atoms with Crippen LogP contribution in [0.15, 0.2) is 21.4 Å². The lowest BCUT2D eigenvalue weighted by Crippen LogP contribution is -2.25. The third-order valence-corrected chi connectivity index (χ3v) is 5.78. The SMILES string of the molecule is CNCc1c(C)oc(C)c1S(=O)(=O)NCc1ccc(C)s1. The van der Waals surface area contributed by atoms with Crippen LogP contribution >= 0.6 is 11.3 Å². The number of hydrogen-bond donors (Lipinski definition) is 2. The summed E-state index contributed by atoms with van der Waals surface area (Å²) in [7, 11) is -1.81. The Kier molecular flexibility index (Phi) is 4.88. The fourth-order valence-electron chi connectivity index (χ4n) is 2.26. The van der Waals surface area contributed by atoms with Crippen LogP contribution in [0, 0.1) is 20.8 Å². The van der Waals surface area contributed by atoms with E-state index in [1.807, 2.05) is 19.1 Å². The molecular formula is C14H20N2O3S2. The molecule has 2 aromatic heterocycles. The summed E-state index contributed by atoms with van der Waals surface area (Å²) in [5.41, 5.74) is 0.685. The molecule has 2 rings (SSSR count). The summed E-state index contributed by atoms with van der Waals surface area (Å²) in [6, 6.07) is 3.92. The molecule has 0 radical (unpaired) electrons. The highest BCUT2D eigenvalue weighted by atomic mass is 32.2. The molecular weight excluding hydrogens is 308 g/mol. The van der Waals surface area contributed by atoms with Crippen molar-refractivity contribution in [2.45, 2.75) is 38.8 Å². The summed E-state index contributed by atoms with van der Waals surface area (Å²) >= 11 is 1.58. The topological polar surface area (TPSA) is 71.3 Å². The van der Waals surface area contributed by atoms with Gasteiger partial charge in [-0.3, -0.25) is 0 Å². The van der Waals surface area contributed by atoms with Crippen molar-refractivity contribution >= 4 is 21.4 Å². The Bertz CT molecular complexity index is 729. The molecule has 0 bridgehead atoms. The van der Waals surface area contributed by atoms with Crippen LogP contribution in [-0.2, 0) is 23.1 Å². The highest BCUT2D eigenvalue weighted by molar-refractivity contribution is 7.89. The molecule has 0 aromatic carbocycles. The van der Waals surface area contributed by atoms with Crippen LogP contribution in [-0.4, -0.2) is 15.5 Å². The number of thiophene rings is 1. The third-order valence-electron chi connectivity index (χ3n) is 3.18. The second-order valence-electron chi connectivity index (χ2n) is 4.89. The Morgan fingerprint density at radius 1 is 1.14 bits per heavy atom. The summed E-state index contributed by atoms with van der Waals surface area (Å²) in [5.74, 6) is 1.06. The van der Waals surface area contributed by atoms with Crippen molar-refractivity contribution in [2.24, 2.45) is 0 Å². The molecule has 0 fully saturated rings. The molecule has 0 aliphatic heterocycles. The van der Waals surface area contributed by atoms with Gasteiger partial charge in [0.2, 0.25) is 10.0 Å². The Balaban J connectivity index is 2.27. The molecule has 5 nitrogen and oxygen atoms in total. The van der Waals surface area contributed by atoms with E-state index in [9.17, 15) is 8.42 Å². The standard InChI is InChI=1S/C14H20N2O3S2/c1-9-5-6-12(20-9)7-16-21(17,18)14-11(3)19-10(2)13(14)8-15-4/h5-6,15-16H,7-8H2,1-4H3. The Morgan fingerprint density at radius 3 is 2.43 bits per heavy atom. The number of sulfonamides is 1. The van der Waals surface area contributed by atoms with Gasteiger partial charge in [0.15, 0.2) is 0 Å². The minimum absolute atomic E-state index is 0.252. The number of furan rings is 1. The Morgan fingerprint density at radius 2 is 1.86 bits per heavy atom. The largest absolute Gasteiger partial charge is 0.465 e. The van der Waals surface area contributed by atoms with Crippen LogP contribution in [0.4, 0.5) is 0 Å². The van der Waals surface area contributed by atoms with Gasteiger partial charge < -0.3 is 9.73 Å². The number of hydrogen-bond acceptors (Lipinski definition) is 5. The van der Waals surface area contributed by atoms with Gasteiger partial charge in [-0.1, -0.05) is 0 Å². The molecule has 0 unspecified atom stereocenters. The first kappa shape index (κ1) is 16.2. The first-order chi connectivity index (χ1) is 9.85. The fourth-order valence-corrected chi connectivity index (χ4v) is 4.63.